The second-order valence-electron chi connectivity index (χ2n) is 5.94. The van der Waals surface area contributed by atoms with E-state index in [0.29, 0.717) is 27.8 Å². The number of hydrogen-bond acceptors (Lipinski definition) is 6. The van der Waals surface area contributed by atoms with Crippen molar-refractivity contribution < 1.29 is 23.9 Å². The van der Waals surface area contributed by atoms with Crippen LogP contribution in [0.5, 0.6) is 11.5 Å². The lowest BCUT2D eigenvalue weighted by Crippen LogP contribution is -2.36. The molecule has 3 rings (SSSR count). The second-order valence-corrected chi connectivity index (χ2v) is 7.34. The molecule has 0 bridgehead atoms. The SMILES string of the molecule is COc1cccc(C=C2SC(=O)N(CC(=O)Nc3ccc(OC)c(Cl)c3)C2=O)c1. The van der Waals surface area contributed by atoms with E-state index >= 15 is 0 Å². The predicted octanol–water partition coefficient (Wildman–Crippen LogP) is 4.03. The van der Waals surface area contributed by atoms with E-state index in [-0.39, 0.29) is 4.91 Å². The fourth-order valence-corrected chi connectivity index (χ4v) is 3.70. The van der Waals surface area contributed by atoms with E-state index in [1.165, 1.54) is 13.2 Å². The lowest BCUT2D eigenvalue weighted by Gasteiger charge is -2.13. The third-order valence-electron chi connectivity index (χ3n) is 4.00. The van der Waals surface area contributed by atoms with E-state index in [1.54, 1.807) is 49.6 Å². The molecule has 0 atom stereocenters. The number of ether oxygens (including phenoxy) is 2. The Morgan fingerprint density at radius 1 is 1.17 bits per heavy atom. The first kappa shape index (κ1) is 20.8. The molecular formula is C20H17ClN2O5S. The van der Waals surface area contributed by atoms with Crippen LogP contribution in [0.4, 0.5) is 10.5 Å². The number of imide groups is 1. The highest BCUT2D eigenvalue weighted by atomic mass is 35.5. The van der Waals surface area contributed by atoms with Crippen molar-refractivity contribution in [1.82, 2.24) is 4.90 Å². The van der Waals surface area contributed by atoms with E-state index in [4.69, 9.17) is 21.1 Å². The van der Waals surface area contributed by atoms with E-state index in [2.05, 4.69) is 5.32 Å². The number of carbonyl (C=O) groups excluding carboxylic acids is 3. The number of thioether (sulfide) groups is 1. The van der Waals surface area contributed by atoms with E-state index in [1.807, 2.05) is 0 Å². The molecule has 29 heavy (non-hydrogen) atoms. The van der Waals surface area contributed by atoms with Crippen molar-refractivity contribution >= 4 is 52.2 Å². The van der Waals surface area contributed by atoms with Gasteiger partial charge in [0.25, 0.3) is 11.1 Å². The summed E-state index contributed by atoms with van der Waals surface area (Å²) in [6, 6.07) is 11.8. The molecule has 0 saturated carbocycles. The molecule has 150 valence electrons. The van der Waals surface area contributed by atoms with Crippen LogP contribution >= 0.6 is 23.4 Å². The molecule has 2 aromatic carbocycles. The van der Waals surface area contributed by atoms with Crippen LogP contribution in [0.15, 0.2) is 47.4 Å². The summed E-state index contributed by atoms with van der Waals surface area (Å²) in [5, 5.41) is 2.44. The van der Waals surface area contributed by atoms with Gasteiger partial charge in [0.15, 0.2) is 0 Å². The van der Waals surface area contributed by atoms with Gasteiger partial charge in [-0.2, -0.15) is 0 Å². The summed E-state index contributed by atoms with van der Waals surface area (Å²) in [6.45, 7) is -0.399. The number of methoxy groups -OCH3 is 2. The Kier molecular flexibility index (Phi) is 6.46. The minimum atomic E-state index is -0.522. The molecule has 0 unspecified atom stereocenters. The average Bonchev–Trinajstić information content (AvgIpc) is 2.95. The molecule has 9 heteroatoms. The van der Waals surface area contributed by atoms with Gasteiger partial charge in [-0.25, -0.2) is 0 Å². The number of carbonyl (C=O) groups is 3. The van der Waals surface area contributed by atoms with Gasteiger partial charge in [-0.05, 0) is 53.7 Å². The summed E-state index contributed by atoms with van der Waals surface area (Å²) in [5.74, 6) is 0.0655. The smallest absolute Gasteiger partial charge is 0.294 e. The quantitative estimate of drug-likeness (QED) is 0.693. The molecule has 1 aliphatic rings. The molecular weight excluding hydrogens is 416 g/mol. The number of benzene rings is 2. The molecule has 0 radical (unpaired) electrons. The Morgan fingerprint density at radius 3 is 2.66 bits per heavy atom. The summed E-state index contributed by atoms with van der Waals surface area (Å²) < 4.78 is 10.2. The molecule has 1 aliphatic heterocycles. The van der Waals surface area contributed by atoms with Gasteiger partial charge in [0.1, 0.15) is 18.0 Å². The van der Waals surface area contributed by atoms with Crippen molar-refractivity contribution in [3.8, 4) is 11.5 Å². The first-order valence-corrected chi connectivity index (χ1v) is 9.63. The van der Waals surface area contributed by atoms with Crippen LogP contribution in [-0.2, 0) is 9.59 Å². The van der Waals surface area contributed by atoms with E-state index in [9.17, 15) is 14.4 Å². The number of amides is 3. The highest BCUT2D eigenvalue weighted by Gasteiger charge is 2.36. The number of nitrogens with one attached hydrogen (secondary N) is 1. The first-order valence-electron chi connectivity index (χ1n) is 8.44. The minimum Gasteiger partial charge on any atom is -0.497 e. The maximum absolute atomic E-state index is 12.6. The Hall–Kier alpha value is -2.97. The zero-order valence-electron chi connectivity index (χ0n) is 15.6. The fraction of sp³-hybridized carbons (Fsp3) is 0.150. The van der Waals surface area contributed by atoms with Crippen molar-refractivity contribution in [2.45, 2.75) is 0 Å². The fourth-order valence-electron chi connectivity index (χ4n) is 2.61. The minimum absolute atomic E-state index is 0.239. The average molecular weight is 433 g/mol. The molecule has 0 aliphatic carbocycles. The Bertz CT molecular complexity index is 1010. The first-order chi connectivity index (χ1) is 13.9. The Balaban J connectivity index is 1.68. The van der Waals surface area contributed by atoms with Gasteiger partial charge in [-0.1, -0.05) is 23.7 Å². The topological polar surface area (TPSA) is 84.9 Å². The third kappa shape index (κ3) is 4.90. The van der Waals surface area contributed by atoms with Gasteiger partial charge < -0.3 is 14.8 Å². The van der Waals surface area contributed by atoms with Crippen molar-refractivity contribution in [3.63, 3.8) is 0 Å². The number of nitrogens with zero attached hydrogens (tertiary/aromatic N) is 1. The summed E-state index contributed by atoms with van der Waals surface area (Å²) in [5.41, 5.74) is 1.15. The van der Waals surface area contributed by atoms with Crippen molar-refractivity contribution in [3.05, 3.63) is 58.0 Å². The van der Waals surface area contributed by atoms with Gasteiger partial charge in [-0.15, -0.1) is 0 Å². The standard InChI is InChI=1S/C20H17ClN2O5S/c1-27-14-5-3-4-12(8-14)9-17-19(25)23(20(26)29-17)11-18(24)22-13-6-7-16(28-2)15(21)10-13/h3-10H,11H2,1-2H3,(H,22,24). The van der Waals surface area contributed by atoms with Crippen LogP contribution < -0.4 is 14.8 Å². The zero-order chi connectivity index (χ0) is 21.0. The van der Waals surface area contributed by atoms with Crippen molar-refractivity contribution in [2.75, 3.05) is 26.1 Å². The zero-order valence-corrected chi connectivity index (χ0v) is 17.2. The van der Waals surface area contributed by atoms with Crippen LogP contribution in [0.2, 0.25) is 5.02 Å². The highest BCUT2D eigenvalue weighted by Crippen LogP contribution is 2.33. The third-order valence-corrected chi connectivity index (χ3v) is 5.21. The van der Waals surface area contributed by atoms with Gasteiger partial charge in [0, 0.05) is 5.69 Å². The summed E-state index contributed by atoms with van der Waals surface area (Å²) in [4.78, 5) is 38.2. The molecule has 0 spiro atoms. The number of hydrogen-bond donors (Lipinski definition) is 1. The van der Waals surface area contributed by atoms with E-state index in [0.717, 1.165) is 16.7 Å². The number of halogens is 1. The van der Waals surface area contributed by atoms with Crippen molar-refractivity contribution in [2.24, 2.45) is 0 Å². The molecule has 1 saturated heterocycles. The predicted molar refractivity (Wildman–Crippen MR) is 112 cm³/mol. The Morgan fingerprint density at radius 2 is 1.97 bits per heavy atom. The summed E-state index contributed by atoms with van der Waals surface area (Å²) in [6.07, 6.45) is 1.59. The molecule has 1 N–H and O–H groups in total. The van der Waals surface area contributed by atoms with Gasteiger partial charge in [0.05, 0.1) is 24.1 Å². The molecule has 7 nitrogen and oxygen atoms in total. The monoisotopic (exact) mass is 432 g/mol. The number of rotatable bonds is 6. The largest absolute Gasteiger partial charge is 0.497 e. The summed E-state index contributed by atoms with van der Waals surface area (Å²) in [7, 11) is 3.03. The van der Waals surface area contributed by atoms with Crippen LogP contribution in [0.1, 0.15) is 5.56 Å². The van der Waals surface area contributed by atoms with Gasteiger partial charge in [0.2, 0.25) is 5.91 Å². The molecule has 2 aromatic rings. The van der Waals surface area contributed by atoms with Crippen LogP contribution in [0.25, 0.3) is 6.08 Å². The summed E-state index contributed by atoms with van der Waals surface area (Å²) >= 11 is 6.82. The maximum atomic E-state index is 12.6. The lowest BCUT2D eigenvalue weighted by atomic mass is 10.2. The highest BCUT2D eigenvalue weighted by molar-refractivity contribution is 8.18. The maximum Gasteiger partial charge on any atom is 0.294 e. The van der Waals surface area contributed by atoms with Gasteiger partial charge >= 0.3 is 0 Å². The Labute approximate surface area is 176 Å². The van der Waals surface area contributed by atoms with Crippen LogP contribution in [0.3, 0.4) is 0 Å². The van der Waals surface area contributed by atoms with Crippen LogP contribution in [-0.4, -0.2) is 42.7 Å². The van der Waals surface area contributed by atoms with Crippen molar-refractivity contribution in [1.29, 1.82) is 0 Å². The molecule has 1 heterocycles. The van der Waals surface area contributed by atoms with Crippen LogP contribution in [0, 0.1) is 0 Å². The number of anilines is 1. The normalized spacial score (nSPS) is 15.0. The lowest BCUT2D eigenvalue weighted by molar-refractivity contribution is -0.127. The van der Waals surface area contributed by atoms with E-state index < -0.39 is 23.6 Å². The molecule has 3 amide bonds. The molecule has 1 fully saturated rings. The second kappa shape index (κ2) is 9.02. The molecule has 0 aromatic heterocycles. The van der Waals surface area contributed by atoms with Gasteiger partial charge in [-0.3, -0.25) is 19.3 Å².